The lowest BCUT2D eigenvalue weighted by molar-refractivity contribution is -0.139. The third-order valence-corrected chi connectivity index (χ3v) is 6.56. The zero-order valence-corrected chi connectivity index (χ0v) is 19.1. The van der Waals surface area contributed by atoms with E-state index in [-0.39, 0.29) is 4.90 Å². The van der Waals surface area contributed by atoms with E-state index in [2.05, 4.69) is 10.1 Å². The number of aliphatic carboxylic acids is 1. The van der Waals surface area contributed by atoms with Crippen LogP contribution in [0.25, 0.3) is 0 Å². The highest BCUT2D eigenvalue weighted by molar-refractivity contribution is 7.85. The Kier molecular flexibility index (Phi) is 5.93. The topological polar surface area (TPSA) is 136 Å². The van der Waals surface area contributed by atoms with E-state index in [1.165, 1.54) is 35.6 Å². The number of carbonyl (C=O) groups is 1. The van der Waals surface area contributed by atoms with E-state index in [4.69, 9.17) is 9.84 Å². The summed E-state index contributed by atoms with van der Waals surface area (Å²) in [6.07, 6.45) is 1.54. The summed E-state index contributed by atoms with van der Waals surface area (Å²) in [5.41, 5.74) is 1.99. The molecule has 0 unspecified atom stereocenters. The number of aryl methyl sites for hydroxylation is 2. The number of benzene rings is 2. The molecule has 2 heterocycles. The van der Waals surface area contributed by atoms with Crippen molar-refractivity contribution in [3.05, 3.63) is 59.1 Å². The monoisotopic (exact) mass is 489 g/mol. The largest absolute Gasteiger partial charge is 0.482 e. The molecule has 0 amide bonds. The molecule has 2 aromatic carbocycles. The fraction of sp³-hybridized carbons (Fsp3) is 0.150. The third kappa shape index (κ3) is 4.74. The van der Waals surface area contributed by atoms with E-state index < -0.39 is 22.7 Å². The molecule has 33 heavy (non-hydrogen) atoms. The van der Waals surface area contributed by atoms with Crippen molar-refractivity contribution in [1.82, 2.24) is 4.98 Å². The number of thiazole rings is 1. The van der Waals surface area contributed by atoms with Gasteiger partial charge in [0.25, 0.3) is 10.1 Å². The Morgan fingerprint density at radius 2 is 1.85 bits per heavy atom. The summed E-state index contributed by atoms with van der Waals surface area (Å²) >= 11 is 1.44. The smallest absolute Gasteiger partial charge is 0.341 e. The van der Waals surface area contributed by atoms with Crippen molar-refractivity contribution in [1.29, 1.82) is 0 Å². The molecular formula is C20H19N5O6S2. The van der Waals surface area contributed by atoms with Crippen molar-refractivity contribution in [3.63, 3.8) is 0 Å². The van der Waals surface area contributed by atoms with Crippen molar-refractivity contribution in [3.8, 4) is 5.75 Å². The lowest BCUT2D eigenvalue weighted by Gasteiger charge is -2.33. The highest BCUT2D eigenvalue weighted by Gasteiger charge is 2.31. The first-order chi connectivity index (χ1) is 15.6. The van der Waals surface area contributed by atoms with Gasteiger partial charge in [0, 0.05) is 10.9 Å². The number of hydrogen-bond donors (Lipinski definition) is 2. The number of nitrogens with zero attached hydrogens (tertiary/aromatic N) is 5. The van der Waals surface area contributed by atoms with Gasteiger partial charge in [0.15, 0.2) is 6.61 Å². The van der Waals surface area contributed by atoms with Crippen molar-refractivity contribution in [2.24, 2.45) is 5.10 Å². The molecule has 0 bridgehead atoms. The Balaban J connectivity index is 1.74. The molecule has 0 saturated carbocycles. The molecule has 0 saturated heterocycles. The first kappa shape index (κ1) is 22.5. The summed E-state index contributed by atoms with van der Waals surface area (Å²) < 4.78 is 37.5. The Morgan fingerprint density at radius 1 is 1.12 bits per heavy atom. The zero-order valence-electron chi connectivity index (χ0n) is 17.5. The molecule has 2 N–H and O–H groups in total. The summed E-state index contributed by atoms with van der Waals surface area (Å²) in [5, 5.41) is 18.8. The number of rotatable bonds is 7. The van der Waals surface area contributed by atoms with E-state index in [1.807, 2.05) is 13.8 Å². The van der Waals surface area contributed by atoms with Gasteiger partial charge >= 0.3 is 5.97 Å². The molecule has 4 rings (SSSR count). The van der Waals surface area contributed by atoms with Gasteiger partial charge < -0.3 is 9.84 Å². The summed E-state index contributed by atoms with van der Waals surface area (Å²) in [6, 6.07) is 12.4. The normalized spacial score (nSPS) is 13.6. The third-order valence-electron chi connectivity index (χ3n) is 4.65. The van der Waals surface area contributed by atoms with Crippen molar-refractivity contribution >= 4 is 50.3 Å². The lowest BCUT2D eigenvalue weighted by Crippen LogP contribution is -2.46. The number of anilines is 3. The second kappa shape index (κ2) is 8.69. The summed E-state index contributed by atoms with van der Waals surface area (Å²) in [5.74, 6) is -0.742. The first-order valence-corrected chi connectivity index (χ1v) is 11.8. The number of carboxylic acids is 1. The maximum absolute atomic E-state index is 11.5. The minimum absolute atomic E-state index is 0.241. The zero-order chi connectivity index (χ0) is 23.8. The number of hydrazone groups is 1. The average Bonchev–Trinajstić information content (AvgIpc) is 3.35. The fourth-order valence-corrected chi connectivity index (χ4v) is 4.32. The predicted octanol–water partition coefficient (Wildman–Crippen LogP) is 3.08. The van der Waals surface area contributed by atoms with Crippen LogP contribution in [0, 0.1) is 13.8 Å². The summed E-state index contributed by atoms with van der Waals surface area (Å²) in [7, 11) is -4.35. The number of hydrogen-bond acceptors (Lipinski definition) is 10. The average molecular weight is 490 g/mol. The maximum atomic E-state index is 11.5. The molecule has 3 aromatic rings. The van der Waals surface area contributed by atoms with Crippen molar-refractivity contribution < 1.29 is 27.6 Å². The van der Waals surface area contributed by atoms with Gasteiger partial charge in [-0.25, -0.2) is 14.8 Å². The van der Waals surface area contributed by atoms with Gasteiger partial charge in [-0.1, -0.05) is 17.4 Å². The molecule has 0 fully saturated rings. The Hall–Kier alpha value is -3.68. The van der Waals surface area contributed by atoms with Crippen LogP contribution in [0.5, 0.6) is 5.75 Å². The van der Waals surface area contributed by atoms with Crippen LogP contribution in [-0.2, 0) is 14.9 Å². The van der Waals surface area contributed by atoms with Gasteiger partial charge in [0.2, 0.25) is 5.13 Å². The minimum Gasteiger partial charge on any atom is -0.482 e. The second-order valence-corrected chi connectivity index (χ2v) is 9.54. The maximum Gasteiger partial charge on any atom is 0.341 e. The van der Waals surface area contributed by atoms with Crippen molar-refractivity contribution in [2.45, 2.75) is 18.7 Å². The van der Waals surface area contributed by atoms with Crippen LogP contribution in [0.15, 0.2) is 58.5 Å². The minimum atomic E-state index is -4.35. The van der Waals surface area contributed by atoms with Gasteiger partial charge in [-0.2, -0.15) is 13.5 Å². The lowest BCUT2D eigenvalue weighted by atomic mass is 10.3. The molecule has 13 heteroatoms. The van der Waals surface area contributed by atoms with E-state index >= 15 is 0 Å². The number of hydrazine groups is 2. The molecule has 1 aliphatic rings. The summed E-state index contributed by atoms with van der Waals surface area (Å²) in [6.45, 7) is 3.35. The summed E-state index contributed by atoms with van der Waals surface area (Å²) in [4.78, 5) is 16.2. The molecule has 11 nitrogen and oxygen atoms in total. The number of carboxylic acid groups (broad SMARTS) is 1. The standard InChI is InChI=1S/C20H19N5O6S2/c1-13-14(2)32-20(22-13)24-21-12-23(16-4-3-5-17(10-16)31-11-19(26)27)25(24)15-6-8-18(9-7-15)33(28,29)30/h3-10,12H,11H2,1-2H3,(H,26,27)(H,28,29,30). The molecule has 1 aliphatic heterocycles. The van der Waals surface area contributed by atoms with Gasteiger partial charge in [0.1, 0.15) is 12.1 Å². The quantitative estimate of drug-likeness (QED) is 0.477. The van der Waals surface area contributed by atoms with Crippen LogP contribution >= 0.6 is 11.3 Å². The highest BCUT2D eigenvalue weighted by Crippen LogP contribution is 2.35. The van der Waals surface area contributed by atoms with Crippen LogP contribution in [0.1, 0.15) is 10.6 Å². The van der Waals surface area contributed by atoms with Crippen LogP contribution in [-0.4, -0.2) is 42.0 Å². The number of aromatic nitrogens is 1. The van der Waals surface area contributed by atoms with Gasteiger partial charge in [-0.3, -0.25) is 4.55 Å². The van der Waals surface area contributed by atoms with Crippen molar-refractivity contribution in [2.75, 3.05) is 21.9 Å². The van der Waals surface area contributed by atoms with Gasteiger partial charge in [0.05, 0.1) is 22.0 Å². The highest BCUT2D eigenvalue weighted by atomic mass is 32.2. The predicted molar refractivity (Wildman–Crippen MR) is 123 cm³/mol. The van der Waals surface area contributed by atoms with Gasteiger partial charge in [-0.05, 0) is 50.2 Å². The molecule has 0 atom stereocenters. The van der Waals surface area contributed by atoms with E-state index in [0.29, 0.717) is 22.3 Å². The SMILES string of the molecule is Cc1nc(N2N=CN(c3cccc(OCC(=O)O)c3)N2c2ccc(S(=O)(=O)O)cc2)sc1C. The van der Waals surface area contributed by atoms with E-state index in [0.717, 1.165) is 10.6 Å². The molecule has 0 radical (unpaired) electrons. The Labute approximate surface area is 193 Å². The van der Waals surface area contributed by atoms with Crippen LogP contribution < -0.4 is 20.0 Å². The molecule has 1 aromatic heterocycles. The van der Waals surface area contributed by atoms with Gasteiger partial charge in [-0.15, -0.1) is 10.2 Å². The molecule has 0 spiro atoms. The molecule has 172 valence electrons. The molecular weight excluding hydrogens is 470 g/mol. The first-order valence-electron chi connectivity index (χ1n) is 9.53. The Morgan fingerprint density at radius 3 is 2.45 bits per heavy atom. The fourth-order valence-electron chi connectivity index (χ4n) is 2.98. The second-order valence-electron chi connectivity index (χ2n) is 6.94. The van der Waals surface area contributed by atoms with Crippen LogP contribution in [0.4, 0.5) is 16.5 Å². The van der Waals surface area contributed by atoms with E-state index in [9.17, 15) is 17.8 Å². The van der Waals surface area contributed by atoms with Crippen LogP contribution in [0.3, 0.4) is 0 Å². The number of ether oxygens (including phenoxy) is 1. The molecule has 0 aliphatic carbocycles. The Bertz CT molecular complexity index is 1300. The van der Waals surface area contributed by atoms with Crippen LogP contribution in [0.2, 0.25) is 0 Å². The van der Waals surface area contributed by atoms with E-state index in [1.54, 1.807) is 45.8 Å².